The molecule has 0 amide bonds. The van der Waals surface area contributed by atoms with Gasteiger partial charge in [-0.1, -0.05) is 66.0 Å². The molecule has 0 saturated carbocycles. The van der Waals surface area contributed by atoms with Gasteiger partial charge in [0.05, 0.1) is 0 Å². The second kappa shape index (κ2) is 10.9. The number of hydrogen-bond donors (Lipinski definition) is 0. The molecule has 0 radical (unpaired) electrons. The standard InChI is InChI=1S/C25H27N/c1-4-21(2)22(3)18-20-26-19-10-6-7-11-23-14-16-25(17-15-23)24-12-8-5-9-13-24/h4-5,8-9,12-18,20H,6,10,19H2,1-3H3/b21-4-,22-18-,26-20?. The highest BCUT2D eigenvalue weighted by Gasteiger charge is 1.95. The third kappa shape index (κ3) is 6.57. The molecule has 132 valence electrons. The Kier molecular flexibility index (Phi) is 8.16. The van der Waals surface area contributed by atoms with Crippen molar-refractivity contribution >= 4 is 6.21 Å². The molecule has 2 aromatic rings. The van der Waals surface area contributed by atoms with Crippen LogP contribution in [0.1, 0.15) is 39.2 Å². The number of unbranched alkanes of at least 4 members (excludes halogenated alkanes) is 1. The van der Waals surface area contributed by atoms with E-state index in [2.05, 4.69) is 98.3 Å². The molecule has 0 aliphatic rings. The molecule has 0 unspecified atom stereocenters. The summed E-state index contributed by atoms with van der Waals surface area (Å²) < 4.78 is 0. The monoisotopic (exact) mass is 341 g/mol. The molecule has 0 atom stereocenters. The number of allylic oxidation sites excluding steroid dienone is 4. The minimum atomic E-state index is 0.820. The van der Waals surface area contributed by atoms with Crippen LogP contribution in [0, 0.1) is 11.8 Å². The van der Waals surface area contributed by atoms with E-state index in [0.717, 1.165) is 24.9 Å². The zero-order valence-corrected chi connectivity index (χ0v) is 16.0. The van der Waals surface area contributed by atoms with Crippen LogP contribution in [0.4, 0.5) is 0 Å². The predicted molar refractivity (Wildman–Crippen MR) is 115 cm³/mol. The Morgan fingerprint density at radius 2 is 1.62 bits per heavy atom. The minimum Gasteiger partial charge on any atom is -0.293 e. The van der Waals surface area contributed by atoms with Crippen LogP contribution in [0.3, 0.4) is 0 Å². The Labute approximate surface area is 158 Å². The maximum atomic E-state index is 4.42. The average Bonchev–Trinajstić information content (AvgIpc) is 2.70. The quantitative estimate of drug-likeness (QED) is 0.247. The molecule has 1 heteroatoms. The van der Waals surface area contributed by atoms with Crippen LogP contribution in [0.2, 0.25) is 0 Å². The summed E-state index contributed by atoms with van der Waals surface area (Å²) in [5.74, 6) is 6.47. The fraction of sp³-hybridized carbons (Fsp3) is 0.240. The second-order valence-corrected chi connectivity index (χ2v) is 6.23. The van der Waals surface area contributed by atoms with Gasteiger partial charge in [0.1, 0.15) is 0 Å². The largest absolute Gasteiger partial charge is 0.293 e. The van der Waals surface area contributed by atoms with Crippen LogP contribution in [0.15, 0.2) is 82.9 Å². The number of hydrogen-bond acceptors (Lipinski definition) is 1. The summed E-state index contributed by atoms with van der Waals surface area (Å²) >= 11 is 0. The number of rotatable bonds is 6. The number of aliphatic imine (C=N–C) groups is 1. The van der Waals surface area contributed by atoms with Gasteiger partial charge >= 0.3 is 0 Å². The molecule has 0 spiro atoms. The van der Waals surface area contributed by atoms with Gasteiger partial charge < -0.3 is 0 Å². The summed E-state index contributed by atoms with van der Waals surface area (Å²) in [5, 5.41) is 0. The molecule has 0 aliphatic carbocycles. The summed E-state index contributed by atoms with van der Waals surface area (Å²) in [7, 11) is 0. The van der Waals surface area contributed by atoms with Crippen molar-refractivity contribution in [1.29, 1.82) is 0 Å². The van der Waals surface area contributed by atoms with Gasteiger partial charge in [-0.25, -0.2) is 0 Å². The fourth-order valence-electron chi connectivity index (χ4n) is 2.40. The van der Waals surface area contributed by atoms with Gasteiger partial charge in [0, 0.05) is 24.7 Å². The summed E-state index contributed by atoms with van der Waals surface area (Å²) in [5.41, 5.74) is 6.07. The van der Waals surface area contributed by atoms with Gasteiger partial charge in [0.2, 0.25) is 0 Å². The van der Waals surface area contributed by atoms with Crippen molar-refractivity contribution in [3.05, 3.63) is 83.5 Å². The summed E-state index contributed by atoms with van der Waals surface area (Å²) in [6.07, 6.45) is 7.93. The molecule has 0 aromatic heterocycles. The molecular weight excluding hydrogens is 314 g/mol. The van der Waals surface area contributed by atoms with E-state index in [1.165, 1.54) is 22.3 Å². The van der Waals surface area contributed by atoms with Crippen LogP contribution in [0.25, 0.3) is 11.1 Å². The fourth-order valence-corrected chi connectivity index (χ4v) is 2.40. The van der Waals surface area contributed by atoms with Gasteiger partial charge in [-0.2, -0.15) is 0 Å². The maximum Gasteiger partial charge on any atom is 0.0398 e. The molecule has 0 heterocycles. The van der Waals surface area contributed by atoms with Crippen LogP contribution in [0.5, 0.6) is 0 Å². The molecule has 0 aliphatic heterocycles. The van der Waals surface area contributed by atoms with Crippen LogP contribution in [-0.2, 0) is 0 Å². The average molecular weight is 341 g/mol. The maximum absolute atomic E-state index is 4.42. The van der Waals surface area contributed by atoms with Crippen LogP contribution >= 0.6 is 0 Å². The molecule has 0 fully saturated rings. The van der Waals surface area contributed by atoms with E-state index in [1.807, 2.05) is 12.3 Å². The lowest BCUT2D eigenvalue weighted by Gasteiger charge is -2.00. The normalized spacial score (nSPS) is 12.1. The zero-order chi connectivity index (χ0) is 18.6. The molecular formula is C25H27N. The Morgan fingerprint density at radius 3 is 2.31 bits per heavy atom. The molecule has 1 nitrogen and oxygen atoms in total. The Hall–Kier alpha value is -2.85. The minimum absolute atomic E-state index is 0.820. The summed E-state index contributed by atoms with van der Waals surface area (Å²) in [6.45, 7) is 7.09. The molecule has 2 aromatic carbocycles. The smallest absolute Gasteiger partial charge is 0.0398 e. The Balaban J connectivity index is 1.77. The van der Waals surface area contributed by atoms with Crippen molar-refractivity contribution in [3.8, 4) is 23.0 Å². The van der Waals surface area contributed by atoms with Crippen LogP contribution < -0.4 is 0 Å². The van der Waals surface area contributed by atoms with Crippen molar-refractivity contribution in [1.82, 2.24) is 0 Å². The van der Waals surface area contributed by atoms with Crippen LogP contribution in [-0.4, -0.2) is 12.8 Å². The van der Waals surface area contributed by atoms with E-state index in [0.29, 0.717) is 0 Å². The van der Waals surface area contributed by atoms with Gasteiger partial charge in [0.15, 0.2) is 0 Å². The Morgan fingerprint density at radius 1 is 0.923 bits per heavy atom. The molecule has 0 saturated heterocycles. The third-order valence-corrected chi connectivity index (χ3v) is 4.30. The number of nitrogens with zero attached hydrogens (tertiary/aromatic N) is 1. The van der Waals surface area contributed by atoms with Crippen molar-refractivity contribution in [3.63, 3.8) is 0 Å². The van der Waals surface area contributed by atoms with E-state index in [4.69, 9.17) is 0 Å². The van der Waals surface area contributed by atoms with E-state index < -0.39 is 0 Å². The van der Waals surface area contributed by atoms with Crippen molar-refractivity contribution in [2.24, 2.45) is 4.99 Å². The zero-order valence-electron chi connectivity index (χ0n) is 16.0. The topological polar surface area (TPSA) is 12.4 Å². The second-order valence-electron chi connectivity index (χ2n) is 6.23. The highest BCUT2D eigenvalue weighted by molar-refractivity contribution is 5.73. The molecule has 0 bridgehead atoms. The first kappa shape index (κ1) is 19.5. The van der Waals surface area contributed by atoms with Gasteiger partial charge in [-0.3, -0.25) is 4.99 Å². The SMILES string of the molecule is C/C=C(C)\C(C)=C/C=NCCCC#Cc1ccc(-c2ccccc2)cc1. The first-order valence-electron chi connectivity index (χ1n) is 9.15. The molecule has 26 heavy (non-hydrogen) atoms. The van der Waals surface area contributed by atoms with Gasteiger partial charge in [-0.05, 0) is 62.1 Å². The Bertz CT molecular complexity index is 825. The van der Waals surface area contributed by atoms with E-state index in [1.54, 1.807) is 0 Å². The highest BCUT2D eigenvalue weighted by atomic mass is 14.7. The van der Waals surface area contributed by atoms with Crippen molar-refractivity contribution in [2.45, 2.75) is 33.6 Å². The summed E-state index contributed by atoms with van der Waals surface area (Å²) in [4.78, 5) is 4.42. The van der Waals surface area contributed by atoms with E-state index in [-0.39, 0.29) is 0 Å². The van der Waals surface area contributed by atoms with E-state index in [9.17, 15) is 0 Å². The first-order chi connectivity index (χ1) is 12.7. The third-order valence-electron chi connectivity index (χ3n) is 4.30. The van der Waals surface area contributed by atoms with Crippen molar-refractivity contribution < 1.29 is 0 Å². The lowest BCUT2D eigenvalue weighted by molar-refractivity contribution is 0.874. The van der Waals surface area contributed by atoms with Gasteiger partial charge in [-0.15, -0.1) is 0 Å². The van der Waals surface area contributed by atoms with Crippen molar-refractivity contribution in [2.75, 3.05) is 6.54 Å². The predicted octanol–water partition coefficient (Wildman–Crippen LogP) is 6.47. The molecule has 0 N–H and O–H groups in total. The lowest BCUT2D eigenvalue weighted by atomic mass is 10.0. The van der Waals surface area contributed by atoms with Gasteiger partial charge in [0.25, 0.3) is 0 Å². The number of benzene rings is 2. The summed E-state index contributed by atoms with van der Waals surface area (Å²) in [6, 6.07) is 18.8. The lowest BCUT2D eigenvalue weighted by Crippen LogP contribution is -1.83. The van der Waals surface area contributed by atoms with E-state index >= 15 is 0 Å². The first-order valence-corrected chi connectivity index (χ1v) is 9.15. The molecule has 2 rings (SSSR count). The highest BCUT2D eigenvalue weighted by Crippen LogP contribution is 2.18.